The van der Waals surface area contributed by atoms with Gasteiger partial charge in [-0.15, -0.1) is 0 Å². The summed E-state index contributed by atoms with van der Waals surface area (Å²) in [5.74, 6) is 0.0492. The summed E-state index contributed by atoms with van der Waals surface area (Å²) in [5, 5.41) is 11.4. The molecule has 0 unspecified atom stereocenters. The van der Waals surface area contributed by atoms with E-state index < -0.39 is 10.0 Å². The molecule has 0 aromatic carbocycles. The molecule has 1 heterocycles. The number of sulfonamides is 1. The fourth-order valence-corrected chi connectivity index (χ4v) is 3.76. The van der Waals surface area contributed by atoms with Gasteiger partial charge in [0.25, 0.3) is 0 Å². The first-order chi connectivity index (χ1) is 9.01. The predicted molar refractivity (Wildman–Crippen MR) is 73.1 cm³/mol. The molecule has 1 amide bonds. The van der Waals surface area contributed by atoms with Crippen LogP contribution in [0.2, 0.25) is 0 Å². The zero-order valence-electron chi connectivity index (χ0n) is 11.5. The fourth-order valence-electron chi connectivity index (χ4n) is 2.22. The number of nitrogens with zero attached hydrogens (tertiary/aromatic N) is 1. The number of carbonyl (C=O) groups excluding carboxylic acids is 1. The monoisotopic (exact) mass is 292 g/mol. The molecule has 1 aliphatic rings. The average Bonchev–Trinajstić information content (AvgIpc) is 2.39. The minimum Gasteiger partial charge on any atom is -0.396 e. The van der Waals surface area contributed by atoms with E-state index in [0.29, 0.717) is 45.3 Å². The third kappa shape index (κ3) is 5.08. The van der Waals surface area contributed by atoms with E-state index in [4.69, 9.17) is 5.11 Å². The van der Waals surface area contributed by atoms with E-state index in [1.54, 1.807) is 0 Å². The van der Waals surface area contributed by atoms with E-state index >= 15 is 0 Å². The van der Waals surface area contributed by atoms with Crippen molar-refractivity contribution in [3.8, 4) is 0 Å². The molecule has 1 saturated heterocycles. The van der Waals surface area contributed by atoms with Crippen LogP contribution in [0.15, 0.2) is 0 Å². The van der Waals surface area contributed by atoms with Crippen molar-refractivity contribution in [3.63, 3.8) is 0 Å². The van der Waals surface area contributed by atoms with Crippen LogP contribution in [-0.2, 0) is 14.8 Å². The van der Waals surface area contributed by atoms with Crippen LogP contribution in [0.5, 0.6) is 0 Å². The molecule has 0 aliphatic carbocycles. The Morgan fingerprint density at radius 1 is 1.37 bits per heavy atom. The Balaban J connectivity index is 2.38. The van der Waals surface area contributed by atoms with Crippen LogP contribution in [0.3, 0.4) is 0 Å². The molecule has 0 atom stereocenters. The van der Waals surface area contributed by atoms with Gasteiger partial charge in [-0.2, -0.15) is 0 Å². The summed E-state index contributed by atoms with van der Waals surface area (Å²) >= 11 is 0. The highest BCUT2D eigenvalue weighted by Crippen LogP contribution is 2.20. The minimum absolute atomic E-state index is 0.0269. The largest absolute Gasteiger partial charge is 0.396 e. The first-order valence-electron chi connectivity index (χ1n) is 6.87. The Kier molecular flexibility index (Phi) is 6.74. The third-order valence-electron chi connectivity index (χ3n) is 3.31. The van der Waals surface area contributed by atoms with Crippen LogP contribution in [0.4, 0.5) is 0 Å². The summed E-state index contributed by atoms with van der Waals surface area (Å²) in [5.41, 5.74) is 0. The minimum atomic E-state index is -3.13. The maximum Gasteiger partial charge on any atom is 0.223 e. The fraction of sp³-hybridized carbons (Fsp3) is 0.917. The summed E-state index contributed by atoms with van der Waals surface area (Å²) in [6.07, 6.45) is 2.32. The summed E-state index contributed by atoms with van der Waals surface area (Å²) < 4.78 is 25.2. The highest BCUT2D eigenvalue weighted by molar-refractivity contribution is 7.89. The maximum atomic E-state index is 11.9. The first kappa shape index (κ1) is 16.4. The molecule has 19 heavy (non-hydrogen) atoms. The lowest BCUT2D eigenvalue weighted by molar-refractivity contribution is -0.126. The van der Waals surface area contributed by atoms with Crippen LogP contribution in [0, 0.1) is 5.92 Å². The molecule has 1 aliphatic heterocycles. The molecule has 1 rings (SSSR count). The Bertz CT molecular complexity index is 375. The van der Waals surface area contributed by atoms with Crippen LogP contribution >= 0.6 is 0 Å². The standard InChI is InChI=1S/C12H24N2O4S/c1-2-10-19(17,18)14-7-4-11(5-8-14)12(16)13-6-3-9-15/h11,15H,2-10H2,1H3,(H,13,16). The topological polar surface area (TPSA) is 86.7 Å². The van der Waals surface area contributed by atoms with Crippen molar-refractivity contribution in [2.24, 2.45) is 5.92 Å². The Labute approximate surface area is 115 Å². The van der Waals surface area contributed by atoms with Crippen molar-refractivity contribution in [2.45, 2.75) is 32.6 Å². The van der Waals surface area contributed by atoms with Crippen molar-refractivity contribution in [1.29, 1.82) is 0 Å². The number of aliphatic hydroxyl groups excluding tert-OH is 1. The van der Waals surface area contributed by atoms with E-state index in [2.05, 4.69) is 5.32 Å². The molecule has 6 nitrogen and oxygen atoms in total. The molecule has 7 heteroatoms. The van der Waals surface area contributed by atoms with E-state index in [9.17, 15) is 13.2 Å². The lowest BCUT2D eigenvalue weighted by atomic mass is 9.97. The quantitative estimate of drug-likeness (QED) is 0.643. The van der Waals surface area contributed by atoms with Gasteiger partial charge in [-0.1, -0.05) is 6.92 Å². The summed E-state index contributed by atoms with van der Waals surface area (Å²) in [4.78, 5) is 11.8. The van der Waals surface area contributed by atoms with Crippen molar-refractivity contribution in [2.75, 3.05) is 32.0 Å². The van der Waals surface area contributed by atoms with Crippen LogP contribution in [0.25, 0.3) is 0 Å². The zero-order valence-corrected chi connectivity index (χ0v) is 12.3. The van der Waals surface area contributed by atoms with E-state index in [1.165, 1.54) is 4.31 Å². The second-order valence-corrected chi connectivity index (χ2v) is 6.95. The number of hydrogen-bond acceptors (Lipinski definition) is 4. The Hall–Kier alpha value is -0.660. The van der Waals surface area contributed by atoms with Crippen molar-refractivity contribution >= 4 is 15.9 Å². The van der Waals surface area contributed by atoms with Gasteiger partial charge in [-0.25, -0.2) is 12.7 Å². The van der Waals surface area contributed by atoms with Crippen molar-refractivity contribution in [3.05, 3.63) is 0 Å². The molecule has 1 fully saturated rings. The van der Waals surface area contributed by atoms with Gasteiger partial charge in [-0.3, -0.25) is 4.79 Å². The van der Waals surface area contributed by atoms with Gasteiger partial charge in [-0.05, 0) is 25.7 Å². The Morgan fingerprint density at radius 3 is 2.53 bits per heavy atom. The number of nitrogens with one attached hydrogen (secondary N) is 1. The van der Waals surface area contributed by atoms with Gasteiger partial charge >= 0.3 is 0 Å². The van der Waals surface area contributed by atoms with Gasteiger partial charge in [0.2, 0.25) is 15.9 Å². The normalized spacial score (nSPS) is 18.4. The lowest BCUT2D eigenvalue weighted by Gasteiger charge is -2.30. The first-order valence-corrected chi connectivity index (χ1v) is 8.48. The summed E-state index contributed by atoms with van der Waals surface area (Å²) in [6, 6.07) is 0. The highest BCUT2D eigenvalue weighted by atomic mass is 32.2. The second kappa shape index (κ2) is 7.81. The maximum absolute atomic E-state index is 11.9. The van der Waals surface area contributed by atoms with Crippen LogP contribution in [0.1, 0.15) is 32.6 Å². The second-order valence-electron chi connectivity index (χ2n) is 4.86. The molecule has 0 aromatic heterocycles. The number of carbonyl (C=O) groups is 1. The van der Waals surface area contributed by atoms with Crippen molar-refractivity contribution < 1.29 is 18.3 Å². The molecule has 2 N–H and O–H groups in total. The SMILES string of the molecule is CCCS(=O)(=O)N1CCC(C(=O)NCCCO)CC1. The van der Waals surface area contributed by atoms with Crippen LogP contribution in [-0.4, -0.2) is 55.7 Å². The highest BCUT2D eigenvalue weighted by Gasteiger charge is 2.30. The number of rotatable bonds is 7. The van der Waals surface area contributed by atoms with Gasteiger partial charge in [0.1, 0.15) is 0 Å². The summed E-state index contributed by atoms with van der Waals surface area (Å²) in [6.45, 7) is 3.25. The molecule has 112 valence electrons. The van der Waals surface area contributed by atoms with E-state index in [0.717, 1.165) is 0 Å². The Morgan fingerprint density at radius 2 is 2.00 bits per heavy atom. The average molecular weight is 292 g/mol. The number of hydrogen-bond donors (Lipinski definition) is 2. The summed E-state index contributed by atoms with van der Waals surface area (Å²) in [7, 11) is -3.13. The number of amides is 1. The number of aliphatic hydroxyl groups is 1. The molecule has 0 aromatic rings. The molecule has 0 spiro atoms. The van der Waals surface area contributed by atoms with E-state index in [-0.39, 0.29) is 24.2 Å². The molecule has 0 saturated carbocycles. The third-order valence-corrected chi connectivity index (χ3v) is 5.39. The van der Waals surface area contributed by atoms with Gasteiger partial charge in [0.05, 0.1) is 5.75 Å². The number of piperidine rings is 1. The van der Waals surface area contributed by atoms with Crippen molar-refractivity contribution in [1.82, 2.24) is 9.62 Å². The molecular formula is C12H24N2O4S. The van der Waals surface area contributed by atoms with E-state index in [1.807, 2.05) is 6.92 Å². The van der Waals surface area contributed by atoms with Gasteiger partial charge in [0, 0.05) is 32.2 Å². The zero-order chi connectivity index (χ0) is 14.3. The lowest BCUT2D eigenvalue weighted by Crippen LogP contribution is -2.43. The molecular weight excluding hydrogens is 268 g/mol. The van der Waals surface area contributed by atoms with Crippen LogP contribution < -0.4 is 5.32 Å². The smallest absolute Gasteiger partial charge is 0.223 e. The van der Waals surface area contributed by atoms with Gasteiger partial charge in [0.15, 0.2) is 0 Å². The molecule has 0 radical (unpaired) electrons. The predicted octanol–water partition coefficient (Wildman–Crippen LogP) is -0.0632. The molecule has 0 bridgehead atoms. The van der Waals surface area contributed by atoms with Gasteiger partial charge < -0.3 is 10.4 Å².